The number of carbonyl (C=O) groups is 1. The minimum atomic E-state index is -0.490. The molecule has 0 aliphatic rings. The van der Waals surface area contributed by atoms with Gasteiger partial charge in [-0.1, -0.05) is 48.5 Å². The number of nitrogen functional groups attached to an aromatic ring is 1. The molecule has 5 aromatic rings. The maximum absolute atomic E-state index is 13.5. The molecule has 0 fully saturated rings. The molecular formula is C30H27N3O4. The van der Waals surface area contributed by atoms with E-state index in [0.717, 1.165) is 5.56 Å². The molecule has 37 heavy (non-hydrogen) atoms. The average Bonchev–Trinajstić information content (AvgIpc) is 3.28. The van der Waals surface area contributed by atoms with Gasteiger partial charge >= 0.3 is 5.97 Å². The summed E-state index contributed by atoms with van der Waals surface area (Å²) in [7, 11) is 1.69. The molecule has 0 radical (unpaired) electrons. The van der Waals surface area contributed by atoms with Crippen molar-refractivity contribution in [1.29, 1.82) is 0 Å². The maximum atomic E-state index is 13.5. The standard InChI is InChI=1S/C30H27N3O4/c1-3-36-30(35)26-17-24-25(23-16-21(31)14-15-27(23)37-22-12-8-5-9-13-22)19-32(2)29(34)28(24)33(26)18-20-10-6-4-7-11-20/h4-17,19H,3,18,31H2,1-2H3. The number of pyridine rings is 1. The fourth-order valence-electron chi connectivity index (χ4n) is 4.46. The smallest absolute Gasteiger partial charge is 0.354 e. The molecule has 7 nitrogen and oxygen atoms in total. The Hall–Kier alpha value is -4.78. The Balaban J connectivity index is 1.77. The van der Waals surface area contributed by atoms with Crippen LogP contribution in [-0.2, 0) is 18.3 Å². The highest BCUT2D eigenvalue weighted by Gasteiger charge is 2.23. The van der Waals surface area contributed by atoms with Crippen molar-refractivity contribution < 1.29 is 14.3 Å². The lowest BCUT2D eigenvalue weighted by Crippen LogP contribution is -2.21. The summed E-state index contributed by atoms with van der Waals surface area (Å²) in [4.78, 5) is 26.5. The Kier molecular flexibility index (Phi) is 6.51. The zero-order chi connectivity index (χ0) is 25.9. The lowest BCUT2D eigenvalue weighted by Gasteiger charge is -2.15. The average molecular weight is 494 g/mol. The number of para-hydroxylation sites is 1. The van der Waals surface area contributed by atoms with Gasteiger partial charge in [0.1, 0.15) is 22.7 Å². The van der Waals surface area contributed by atoms with Crippen LogP contribution in [-0.4, -0.2) is 21.7 Å². The number of hydrogen-bond donors (Lipinski definition) is 1. The second-order valence-electron chi connectivity index (χ2n) is 8.71. The molecule has 7 heteroatoms. The van der Waals surface area contributed by atoms with Crippen molar-refractivity contribution in [1.82, 2.24) is 9.13 Å². The summed E-state index contributed by atoms with van der Waals surface area (Å²) in [5, 5.41) is 0.616. The Bertz CT molecular complexity index is 1640. The molecule has 0 aliphatic carbocycles. The van der Waals surface area contributed by atoms with Crippen molar-refractivity contribution in [3.05, 3.63) is 113 Å². The van der Waals surface area contributed by atoms with E-state index in [0.29, 0.717) is 51.5 Å². The quantitative estimate of drug-likeness (QED) is 0.235. The van der Waals surface area contributed by atoms with Crippen LogP contribution >= 0.6 is 0 Å². The van der Waals surface area contributed by atoms with Crippen LogP contribution in [0.4, 0.5) is 5.69 Å². The number of rotatable bonds is 7. The summed E-state index contributed by atoms with van der Waals surface area (Å²) in [6.45, 7) is 2.31. The number of aromatic nitrogens is 2. The summed E-state index contributed by atoms with van der Waals surface area (Å²) in [5.41, 5.74) is 9.60. The van der Waals surface area contributed by atoms with Crippen molar-refractivity contribution >= 4 is 22.6 Å². The highest BCUT2D eigenvalue weighted by Crippen LogP contribution is 2.39. The second-order valence-corrected chi connectivity index (χ2v) is 8.71. The van der Waals surface area contributed by atoms with Crippen molar-refractivity contribution in [3.63, 3.8) is 0 Å². The minimum Gasteiger partial charge on any atom is -0.461 e. The van der Waals surface area contributed by atoms with Crippen molar-refractivity contribution in [2.24, 2.45) is 7.05 Å². The van der Waals surface area contributed by atoms with Gasteiger partial charge in [-0.2, -0.15) is 0 Å². The Morgan fingerprint density at radius 2 is 1.62 bits per heavy atom. The number of fused-ring (bicyclic) bond motifs is 1. The SMILES string of the molecule is CCOC(=O)c1cc2c(-c3cc(N)ccc3Oc3ccccc3)cn(C)c(=O)c2n1Cc1ccccc1. The van der Waals surface area contributed by atoms with Crippen molar-refractivity contribution in [2.75, 3.05) is 12.3 Å². The van der Waals surface area contributed by atoms with E-state index in [1.807, 2.05) is 72.8 Å². The lowest BCUT2D eigenvalue weighted by molar-refractivity contribution is 0.0515. The number of hydrogen-bond acceptors (Lipinski definition) is 5. The van der Waals surface area contributed by atoms with E-state index in [4.69, 9.17) is 15.2 Å². The molecule has 0 spiro atoms. The van der Waals surface area contributed by atoms with E-state index in [1.165, 1.54) is 4.57 Å². The third kappa shape index (κ3) is 4.71. The van der Waals surface area contributed by atoms with Gasteiger partial charge in [0.05, 0.1) is 6.61 Å². The summed E-state index contributed by atoms with van der Waals surface area (Å²) in [6.07, 6.45) is 1.75. The summed E-state index contributed by atoms with van der Waals surface area (Å²) in [6, 6.07) is 26.2. The van der Waals surface area contributed by atoms with Gasteiger partial charge in [-0.15, -0.1) is 0 Å². The summed E-state index contributed by atoms with van der Waals surface area (Å²) < 4.78 is 14.8. The zero-order valence-corrected chi connectivity index (χ0v) is 20.7. The van der Waals surface area contributed by atoms with Crippen LogP contribution < -0.4 is 16.0 Å². The van der Waals surface area contributed by atoms with Gasteiger partial charge in [0, 0.05) is 42.0 Å². The second kappa shape index (κ2) is 10.1. The predicted octanol–water partition coefficient (Wildman–Crippen LogP) is 5.61. The van der Waals surface area contributed by atoms with Crippen LogP contribution in [0.5, 0.6) is 11.5 Å². The number of carbonyl (C=O) groups excluding carboxylic acids is 1. The molecule has 2 aromatic heterocycles. The van der Waals surface area contributed by atoms with Gasteiger partial charge in [-0.05, 0) is 48.9 Å². The number of nitrogens with two attached hydrogens (primary N) is 1. The number of benzene rings is 3. The predicted molar refractivity (Wildman–Crippen MR) is 145 cm³/mol. The topological polar surface area (TPSA) is 88.5 Å². The monoisotopic (exact) mass is 493 g/mol. The fourth-order valence-corrected chi connectivity index (χ4v) is 4.46. The van der Waals surface area contributed by atoms with Crippen molar-refractivity contribution in [2.45, 2.75) is 13.5 Å². The molecule has 2 heterocycles. The molecule has 0 aliphatic heterocycles. The normalized spacial score (nSPS) is 11.0. The zero-order valence-electron chi connectivity index (χ0n) is 20.7. The molecule has 2 N–H and O–H groups in total. The summed E-state index contributed by atoms with van der Waals surface area (Å²) in [5.74, 6) is 0.758. The molecule has 0 amide bonds. The molecule has 0 unspecified atom stereocenters. The van der Waals surface area contributed by atoms with Crippen LogP contribution in [0, 0.1) is 0 Å². The van der Waals surface area contributed by atoms with Gasteiger partial charge in [0.25, 0.3) is 5.56 Å². The van der Waals surface area contributed by atoms with Gasteiger partial charge in [-0.3, -0.25) is 4.79 Å². The third-order valence-corrected chi connectivity index (χ3v) is 6.17. The number of anilines is 1. The molecule has 0 bridgehead atoms. The first-order valence-electron chi connectivity index (χ1n) is 12.0. The minimum absolute atomic E-state index is 0.223. The molecule has 3 aromatic carbocycles. The Morgan fingerprint density at radius 3 is 2.32 bits per heavy atom. The van der Waals surface area contributed by atoms with Gasteiger partial charge in [-0.25, -0.2) is 4.79 Å². The Morgan fingerprint density at radius 1 is 0.919 bits per heavy atom. The molecule has 0 saturated heterocycles. The molecule has 5 rings (SSSR count). The maximum Gasteiger partial charge on any atom is 0.354 e. The van der Waals surface area contributed by atoms with Crippen LogP contribution in [0.1, 0.15) is 23.0 Å². The van der Waals surface area contributed by atoms with Gasteiger partial charge in [0.15, 0.2) is 0 Å². The van der Waals surface area contributed by atoms with Crippen molar-refractivity contribution in [3.8, 4) is 22.6 Å². The number of aryl methyl sites for hydroxylation is 1. The van der Waals surface area contributed by atoms with E-state index in [9.17, 15) is 9.59 Å². The van der Waals surface area contributed by atoms with Crippen LogP contribution in [0.3, 0.4) is 0 Å². The first kappa shape index (κ1) is 23.9. The molecule has 0 atom stereocenters. The third-order valence-electron chi connectivity index (χ3n) is 6.17. The van der Waals surface area contributed by atoms with E-state index < -0.39 is 5.97 Å². The van der Waals surface area contributed by atoms with Gasteiger partial charge < -0.3 is 24.3 Å². The van der Waals surface area contributed by atoms with E-state index in [2.05, 4.69) is 0 Å². The van der Waals surface area contributed by atoms with Gasteiger partial charge in [0.2, 0.25) is 0 Å². The fraction of sp³-hybridized carbons (Fsp3) is 0.133. The molecule has 0 saturated carbocycles. The van der Waals surface area contributed by atoms with E-state index in [-0.39, 0.29) is 12.2 Å². The van der Waals surface area contributed by atoms with Crippen LogP contribution in [0.2, 0.25) is 0 Å². The Labute approximate surface area is 214 Å². The number of esters is 1. The first-order valence-corrected chi connectivity index (χ1v) is 12.0. The van der Waals surface area contributed by atoms with Crippen LogP contribution in [0.15, 0.2) is 95.9 Å². The highest BCUT2D eigenvalue weighted by atomic mass is 16.5. The van der Waals surface area contributed by atoms with E-state index in [1.54, 1.807) is 36.9 Å². The summed E-state index contributed by atoms with van der Waals surface area (Å²) >= 11 is 0. The highest BCUT2D eigenvalue weighted by molar-refractivity contribution is 6.02. The largest absolute Gasteiger partial charge is 0.461 e. The lowest BCUT2D eigenvalue weighted by atomic mass is 10.0. The molecule has 186 valence electrons. The molecular weight excluding hydrogens is 466 g/mol. The van der Waals surface area contributed by atoms with Crippen LogP contribution in [0.25, 0.3) is 22.0 Å². The number of ether oxygens (including phenoxy) is 2. The first-order chi connectivity index (χ1) is 18.0. The number of nitrogens with zero attached hydrogens (tertiary/aromatic N) is 2. The van der Waals surface area contributed by atoms with E-state index >= 15 is 0 Å².